The fourth-order valence-corrected chi connectivity index (χ4v) is 2.68. The third-order valence-electron chi connectivity index (χ3n) is 3.70. The number of rotatable bonds is 4. The number of hydrogen-bond donors (Lipinski definition) is 1. The van der Waals surface area contributed by atoms with E-state index < -0.39 is 17.5 Å². The van der Waals surface area contributed by atoms with Crippen LogP contribution in [0, 0.1) is 32.4 Å². The van der Waals surface area contributed by atoms with Crippen LogP contribution in [0.1, 0.15) is 32.6 Å². The summed E-state index contributed by atoms with van der Waals surface area (Å²) in [6.07, 6.45) is 0.653. The molecule has 4 heteroatoms. The highest BCUT2D eigenvalue weighted by molar-refractivity contribution is 5.94. The fraction of sp³-hybridized carbons (Fsp3) is 0.278. The number of carbonyl (C=O) groups excluding carboxylic acids is 1. The van der Waals surface area contributed by atoms with Gasteiger partial charge in [-0.3, -0.25) is 4.79 Å². The molecule has 0 aliphatic heterocycles. The first-order valence-corrected chi connectivity index (χ1v) is 7.19. The first-order valence-electron chi connectivity index (χ1n) is 7.19. The van der Waals surface area contributed by atoms with Gasteiger partial charge in [-0.15, -0.1) is 0 Å². The van der Waals surface area contributed by atoms with Crippen LogP contribution in [0.25, 0.3) is 0 Å². The number of carbonyl (C=O) groups is 1. The van der Waals surface area contributed by atoms with Gasteiger partial charge >= 0.3 is 0 Å². The number of aryl methyl sites for hydroxylation is 3. The SMILES string of the molecule is Cc1cc(C)c(CCNC(=O)c2cccc(F)c2F)c(C)c1. The van der Waals surface area contributed by atoms with E-state index in [0.29, 0.717) is 13.0 Å². The van der Waals surface area contributed by atoms with Gasteiger partial charge < -0.3 is 5.32 Å². The molecular formula is C18H19F2NO. The van der Waals surface area contributed by atoms with Crippen molar-refractivity contribution in [3.05, 3.63) is 69.8 Å². The monoisotopic (exact) mass is 303 g/mol. The smallest absolute Gasteiger partial charge is 0.254 e. The zero-order valence-electron chi connectivity index (χ0n) is 13.0. The molecule has 0 heterocycles. The summed E-state index contributed by atoms with van der Waals surface area (Å²) in [6.45, 7) is 6.48. The second kappa shape index (κ2) is 6.69. The Kier molecular flexibility index (Phi) is 4.91. The van der Waals surface area contributed by atoms with Gasteiger partial charge in [-0.25, -0.2) is 8.78 Å². The third-order valence-corrected chi connectivity index (χ3v) is 3.70. The molecule has 0 aromatic heterocycles. The van der Waals surface area contributed by atoms with Crippen molar-refractivity contribution in [3.8, 4) is 0 Å². The van der Waals surface area contributed by atoms with Gasteiger partial charge in [0.2, 0.25) is 0 Å². The van der Waals surface area contributed by atoms with Gasteiger partial charge in [-0.05, 0) is 56.0 Å². The zero-order valence-corrected chi connectivity index (χ0v) is 13.0. The number of hydrogen-bond acceptors (Lipinski definition) is 1. The lowest BCUT2D eigenvalue weighted by Crippen LogP contribution is -2.27. The minimum absolute atomic E-state index is 0.266. The highest BCUT2D eigenvalue weighted by atomic mass is 19.2. The van der Waals surface area contributed by atoms with E-state index in [9.17, 15) is 13.6 Å². The van der Waals surface area contributed by atoms with Crippen molar-refractivity contribution in [2.75, 3.05) is 6.54 Å². The molecule has 0 saturated heterocycles. The van der Waals surface area contributed by atoms with E-state index >= 15 is 0 Å². The van der Waals surface area contributed by atoms with E-state index in [1.165, 1.54) is 34.4 Å². The van der Waals surface area contributed by atoms with Crippen molar-refractivity contribution in [2.24, 2.45) is 0 Å². The van der Waals surface area contributed by atoms with Crippen LogP contribution in [0.4, 0.5) is 8.78 Å². The van der Waals surface area contributed by atoms with Crippen LogP contribution >= 0.6 is 0 Å². The summed E-state index contributed by atoms with van der Waals surface area (Å²) in [6, 6.07) is 7.77. The lowest BCUT2D eigenvalue weighted by Gasteiger charge is -2.12. The van der Waals surface area contributed by atoms with Crippen LogP contribution in [-0.4, -0.2) is 12.5 Å². The van der Waals surface area contributed by atoms with Gasteiger partial charge in [0.15, 0.2) is 11.6 Å². The molecule has 0 unspecified atom stereocenters. The van der Waals surface area contributed by atoms with Crippen LogP contribution in [0.2, 0.25) is 0 Å². The summed E-state index contributed by atoms with van der Waals surface area (Å²) < 4.78 is 26.7. The highest BCUT2D eigenvalue weighted by Crippen LogP contribution is 2.17. The summed E-state index contributed by atoms with van der Waals surface area (Å²) in [7, 11) is 0. The van der Waals surface area contributed by atoms with Crippen LogP contribution < -0.4 is 5.32 Å². The van der Waals surface area contributed by atoms with Crippen LogP contribution in [-0.2, 0) is 6.42 Å². The molecule has 0 fully saturated rings. The van der Waals surface area contributed by atoms with Crippen LogP contribution in [0.15, 0.2) is 30.3 Å². The highest BCUT2D eigenvalue weighted by Gasteiger charge is 2.14. The van der Waals surface area contributed by atoms with E-state index in [-0.39, 0.29) is 5.56 Å². The minimum atomic E-state index is -1.11. The van der Waals surface area contributed by atoms with E-state index in [1.54, 1.807) is 0 Å². The van der Waals surface area contributed by atoms with Crippen molar-refractivity contribution in [1.29, 1.82) is 0 Å². The average molecular weight is 303 g/mol. The van der Waals surface area contributed by atoms with Gasteiger partial charge in [0.05, 0.1) is 5.56 Å². The average Bonchev–Trinajstić information content (AvgIpc) is 2.44. The summed E-state index contributed by atoms with van der Waals surface area (Å²) in [4.78, 5) is 11.9. The molecule has 0 bridgehead atoms. The van der Waals surface area contributed by atoms with E-state index in [4.69, 9.17) is 0 Å². The Morgan fingerprint density at radius 3 is 2.36 bits per heavy atom. The van der Waals surface area contributed by atoms with E-state index in [1.807, 2.05) is 20.8 Å². The molecule has 0 spiro atoms. The Morgan fingerprint density at radius 2 is 1.73 bits per heavy atom. The van der Waals surface area contributed by atoms with Crippen molar-refractivity contribution in [1.82, 2.24) is 5.32 Å². The second-order valence-corrected chi connectivity index (χ2v) is 5.48. The predicted molar refractivity (Wildman–Crippen MR) is 83.0 cm³/mol. The Morgan fingerprint density at radius 1 is 1.09 bits per heavy atom. The summed E-state index contributed by atoms with van der Waals surface area (Å²) in [5.74, 6) is -2.72. The van der Waals surface area contributed by atoms with Gasteiger partial charge in [-0.1, -0.05) is 23.8 Å². The standard InChI is InChI=1S/C18H19F2NO/c1-11-9-12(2)14(13(3)10-11)7-8-21-18(22)15-5-4-6-16(19)17(15)20/h4-6,9-10H,7-8H2,1-3H3,(H,21,22). The number of amides is 1. The number of benzene rings is 2. The first kappa shape index (κ1) is 16.1. The molecule has 2 nitrogen and oxygen atoms in total. The van der Waals surface area contributed by atoms with Crippen molar-refractivity contribution in [3.63, 3.8) is 0 Å². The lowest BCUT2D eigenvalue weighted by atomic mass is 9.97. The molecule has 0 aliphatic rings. The van der Waals surface area contributed by atoms with Crippen molar-refractivity contribution in [2.45, 2.75) is 27.2 Å². The van der Waals surface area contributed by atoms with Gasteiger partial charge in [0.1, 0.15) is 0 Å². The Hall–Kier alpha value is -2.23. The first-order chi connectivity index (χ1) is 10.4. The number of nitrogens with one attached hydrogen (secondary N) is 1. The fourth-order valence-electron chi connectivity index (χ4n) is 2.68. The largest absolute Gasteiger partial charge is 0.352 e. The second-order valence-electron chi connectivity index (χ2n) is 5.48. The maximum absolute atomic E-state index is 13.5. The molecule has 0 atom stereocenters. The molecule has 22 heavy (non-hydrogen) atoms. The number of halogens is 2. The molecule has 1 amide bonds. The maximum atomic E-state index is 13.5. The predicted octanol–water partition coefficient (Wildman–Crippen LogP) is 3.86. The molecule has 2 rings (SSSR count). The third kappa shape index (κ3) is 3.50. The van der Waals surface area contributed by atoms with Gasteiger partial charge in [0, 0.05) is 6.54 Å². The van der Waals surface area contributed by atoms with Gasteiger partial charge in [-0.2, -0.15) is 0 Å². The summed E-state index contributed by atoms with van der Waals surface area (Å²) in [5.41, 5.74) is 4.44. The summed E-state index contributed by atoms with van der Waals surface area (Å²) in [5, 5.41) is 2.64. The van der Waals surface area contributed by atoms with E-state index in [0.717, 1.165) is 6.07 Å². The molecule has 0 saturated carbocycles. The minimum Gasteiger partial charge on any atom is -0.352 e. The Labute approximate surface area is 129 Å². The van der Waals surface area contributed by atoms with Crippen molar-refractivity contribution >= 4 is 5.91 Å². The van der Waals surface area contributed by atoms with E-state index in [2.05, 4.69) is 17.4 Å². The molecule has 2 aromatic rings. The Bertz CT molecular complexity index is 687. The van der Waals surface area contributed by atoms with Crippen LogP contribution in [0.5, 0.6) is 0 Å². The molecule has 0 aliphatic carbocycles. The molecule has 116 valence electrons. The molecule has 0 radical (unpaired) electrons. The molecule has 1 N–H and O–H groups in total. The normalized spacial score (nSPS) is 10.6. The summed E-state index contributed by atoms with van der Waals surface area (Å²) >= 11 is 0. The Balaban J connectivity index is 2.02. The van der Waals surface area contributed by atoms with Gasteiger partial charge in [0.25, 0.3) is 5.91 Å². The maximum Gasteiger partial charge on any atom is 0.254 e. The molecular weight excluding hydrogens is 284 g/mol. The van der Waals surface area contributed by atoms with Crippen LogP contribution in [0.3, 0.4) is 0 Å². The lowest BCUT2D eigenvalue weighted by molar-refractivity contribution is 0.0949. The topological polar surface area (TPSA) is 29.1 Å². The zero-order chi connectivity index (χ0) is 16.3. The molecule has 2 aromatic carbocycles. The van der Waals surface area contributed by atoms with Crippen molar-refractivity contribution < 1.29 is 13.6 Å². The quantitative estimate of drug-likeness (QED) is 0.913.